The van der Waals surface area contributed by atoms with Crippen LogP contribution in [0.1, 0.15) is 39.2 Å². The van der Waals surface area contributed by atoms with Gasteiger partial charge in [0, 0.05) is 25.7 Å². The Kier molecular flexibility index (Phi) is 7.89. The number of carbonyl (C=O) groups is 1. The van der Waals surface area contributed by atoms with Crippen molar-refractivity contribution < 1.29 is 4.79 Å². The van der Waals surface area contributed by atoms with Gasteiger partial charge in [-0.05, 0) is 44.7 Å². The highest BCUT2D eigenvalue weighted by molar-refractivity contribution is 7.99. The second kappa shape index (κ2) is 10.6. The van der Waals surface area contributed by atoms with Gasteiger partial charge in [-0.15, -0.1) is 10.2 Å². The molecule has 2 heterocycles. The average molecular weight is 414 g/mol. The molecule has 29 heavy (non-hydrogen) atoms. The Hall–Kier alpha value is -2.12. The Bertz CT molecular complexity index is 835. The summed E-state index contributed by atoms with van der Waals surface area (Å²) in [7, 11) is 0. The van der Waals surface area contributed by atoms with Crippen molar-refractivity contribution in [3.8, 4) is 5.69 Å². The summed E-state index contributed by atoms with van der Waals surface area (Å²) in [5.41, 5.74) is 3.66. The van der Waals surface area contributed by atoms with Crippen molar-refractivity contribution in [2.75, 3.05) is 25.4 Å². The topological polar surface area (TPSA) is 63.1 Å². The number of rotatable bonds is 8. The molecule has 0 spiro atoms. The third-order valence-corrected chi connectivity index (χ3v) is 6.13. The van der Waals surface area contributed by atoms with E-state index >= 15 is 0 Å². The number of piperidine rings is 1. The molecule has 1 aliphatic rings. The summed E-state index contributed by atoms with van der Waals surface area (Å²) < 4.78 is 1.97. The number of carbonyl (C=O) groups excluding carboxylic acids is 1. The maximum atomic E-state index is 12.5. The van der Waals surface area contributed by atoms with Gasteiger partial charge in [0.25, 0.3) is 0 Å². The van der Waals surface area contributed by atoms with Gasteiger partial charge in [0.1, 0.15) is 6.33 Å². The molecule has 1 aromatic carbocycles. The summed E-state index contributed by atoms with van der Waals surface area (Å²) in [6.45, 7) is 9.47. The predicted octanol–water partition coefficient (Wildman–Crippen LogP) is 3.47. The van der Waals surface area contributed by atoms with E-state index in [0.29, 0.717) is 5.75 Å². The molecule has 7 heteroatoms. The van der Waals surface area contributed by atoms with Gasteiger partial charge in [-0.3, -0.25) is 14.3 Å². The first-order valence-electron chi connectivity index (χ1n) is 10.3. The predicted molar refractivity (Wildman–Crippen MR) is 118 cm³/mol. The van der Waals surface area contributed by atoms with Gasteiger partial charge in [-0.25, -0.2) is 0 Å². The fourth-order valence-electron chi connectivity index (χ4n) is 3.50. The zero-order valence-electron chi connectivity index (χ0n) is 17.6. The number of hydrogen-bond donors (Lipinski definition) is 1. The lowest BCUT2D eigenvalue weighted by atomic mass is 10.0. The van der Waals surface area contributed by atoms with Crippen molar-refractivity contribution in [2.45, 2.75) is 51.2 Å². The van der Waals surface area contributed by atoms with E-state index in [1.807, 2.05) is 16.7 Å². The SMILES string of the molecule is CCc1ccccc1-n1cnnc1SCC(=O)NC1CCN(CC=C(C)C)CC1. The molecule has 1 N–H and O–H groups in total. The van der Waals surface area contributed by atoms with Crippen molar-refractivity contribution in [2.24, 2.45) is 0 Å². The second-order valence-corrected chi connectivity index (χ2v) is 8.62. The molecule has 3 rings (SSSR count). The van der Waals surface area contributed by atoms with E-state index < -0.39 is 0 Å². The van der Waals surface area contributed by atoms with E-state index in [1.165, 1.54) is 22.9 Å². The zero-order valence-corrected chi connectivity index (χ0v) is 18.4. The smallest absolute Gasteiger partial charge is 0.230 e. The molecule has 156 valence electrons. The summed E-state index contributed by atoms with van der Waals surface area (Å²) in [6.07, 6.45) is 6.94. The van der Waals surface area contributed by atoms with Gasteiger partial charge in [-0.2, -0.15) is 0 Å². The minimum Gasteiger partial charge on any atom is -0.353 e. The summed E-state index contributed by atoms with van der Waals surface area (Å²) in [6, 6.07) is 8.50. The number of amides is 1. The van der Waals surface area contributed by atoms with E-state index in [1.54, 1.807) is 6.33 Å². The van der Waals surface area contributed by atoms with Gasteiger partial charge >= 0.3 is 0 Å². The zero-order chi connectivity index (χ0) is 20.6. The molecule has 1 aromatic heterocycles. The molecule has 0 saturated carbocycles. The second-order valence-electron chi connectivity index (χ2n) is 7.68. The normalized spacial score (nSPS) is 15.3. The van der Waals surface area contributed by atoms with Crippen molar-refractivity contribution in [3.05, 3.63) is 47.8 Å². The van der Waals surface area contributed by atoms with Crippen LogP contribution in [0.15, 0.2) is 47.4 Å². The standard InChI is InChI=1S/C22H31N5OS/c1-4-18-7-5-6-8-20(18)27-16-23-25-22(27)29-15-21(28)24-19-10-13-26(14-11-19)12-9-17(2)3/h5-9,16,19H,4,10-15H2,1-3H3,(H,24,28). The van der Waals surface area contributed by atoms with E-state index in [2.05, 4.69) is 59.4 Å². The highest BCUT2D eigenvalue weighted by atomic mass is 32.2. The number of nitrogens with one attached hydrogen (secondary N) is 1. The summed E-state index contributed by atoms with van der Waals surface area (Å²) >= 11 is 1.44. The summed E-state index contributed by atoms with van der Waals surface area (Å²) in [4.78, 5) is 14.9. The van der Waals surface area contributed by atoms with Crippen molar-refractivity contribution in [3.63, 3.8) is 0 Å². The number of aryl methyl sites for hydroxylation is 1. The Morgan fingerprint density at radius 2 is 2.03 bits per heavy atom. The molecule has 6 nitrogen and oxygen atoms in total. The third kappa shape index (κ3) is 6.18. The third-order valence-electron chi connectivity index (χ3n) is 5.19. The lowest BCUT2D eigenvalue weighted by molar-refractivity contribution is -0.119. The molecule has 1 aliphatic heterocycles. The molecule has 0 radical (unpaired) electrons. The highest BCUT2D eigenvalue weighted by Gasteiger charge is 2.20. The van der Waals surface area contributed by atoms with Crippen LogP contribution in [0, 0.1) is 0 Å². The largest absolute Gasteiger partial charge is 0.353 e. The molecule has 2 aromatic rings. The molecule has 1 saturated heterocycles. The van der Waals surface area contributed by atoms with Crippen LogP contribution in [-0.4, -0.2) is 57.0 Å². The number of aromatic nitrogens is 3. The van der Waals surface area contributed by atoms with Crippen molar-refractivity contribution in [1.82, 2.24) is 25.0 Å². The van der Waals surface area contributed by atoms with E-state index in [9.17, 15) is 4.79 Å². The lowest BCUT2D eigenvalue weighted by Gasteiger charge is -2.31. The average Bonchev–Trinajstić information content (AvgIpc) is 3.20. The van der Waals surface area contributed by atoms with Gasteiger partial charge < -0.3 is 5.32 Å². The molecular weight excluding hydrogens is 382 g/mol. The van der Waals surface area contributed by atoms with Crippen molar-refractivity contribution >= 4 is 17.7 Å². The Balaban J connectivity index is 1.49. The molecule has 0 bridgehead atoms. The van der Waals surface area contributed by atoms with Gasteiger partial charge in [0.2, 0.25) is 5.91 Å². The minimum atomic E-state index is 0.0658. The van der Waals surface area contributed by atoms with Crippen LogP contribution in [-0.2, 0) is 11.2 Å². The first-order chi connectivity index (χ1) is 14.1. The number of benzene rings is 1. The fourth-order valence-corrected chi connectivity index (χ4v) is 4.24. The Morgan fingerprint density at radius 3 is 2.76 bits per heavy atom. The number of para-hydroxylation sites is 1. The number of likely N-dealkylation sites (tertiary alicyclic amines) is 1. The quantitative estimate of drug-likeness (QED) is 0.530. The van der Waals surface area contributed by atoms with Gasteiger partial charge in [0.05, 0.1) is 11.4 Å². The molecule has 1 fully saturated rings. The number of hydrogen-bond acceptors (Lipinski definition) is 5. The molecule has 0 atom stereocenters. The number of nitrogens with zero attached hydrogens (tertiary/aromatic N) is 4. The monoisotopic (exact) mass is 413 g/mol. The van der Waals surface area contributed by atoms with Crippen LogP contribution in [0.2, 0.25) is 0 Å². The van der Waals surface area contributed by atoms with Crippen LogP contribution in [0.25, 0.3) is 5.69 Å². The van der Waals surface area contributed by atoms with Crippen LogP contribution in [0.3, 0.4) is 0 Å². The van der Waals surface area contributed by atoms with Crippen molar-refractivity contribution in [1.29, 1.82) is 0 Å². The van der Waals surface area contributed by atoms with Crippen LogP contribution in [0.5, 0.6) is 0 Å². The molecule has 0 unspecified atom stereocenters. The maximum Gasteiger partial charge on any atom is 0.230 e. The maximum absolute atomic E-state index is 12.5. The van der Waals surface area contributed by atoms with E-state index in [-0.39, 0.29) is 11.9 Å². The van der Waals surface area contributed by atoms with Crippen LogP contribution >= 0.6 is 11.8 Å². The van der Waals surface area contributed by atoms with Crippen LogP contribution in [0.4, 0.5) is 0 Å². The number of allylic oxidation sites excluding steroid dienone is 1. The first-order valence-corrected chi connectivity index (χ1v) is 11.3. The molecule has 1 amide bonds. The summed E-state index contributed by atoms with van der Waals surface area (Å²) in [5.74, 6) is 0.418. The Morgan fingerprint density at radius 1 is 1.28 bits per heavy atom. The van der Waals surface area contributed by atoms with Gasteiger partial charge in [0.15, 0.2) is 5.16 Å². The lowest BCUT2D eigenvalue weighted by Crippen LogP contribution is -2.45. The summed E-state index contributed by atoms with van der Waals surface area (Å²) in [5, 5.41) is 12.2. The molecule has 0 aliphatic carbocycles. The minimum absolute atomic E-state index is 0.0658. The molecular formula is C22H31N5OS. The van der Waals surface area contributed by atoms with Crippen LogP contribution < -0.4 is 5.32 Å². The highest BCUT2D eigenvalue weighted by Crippen LogP contribution is 2.22. The van der Waals surface area contributed by atoms with E-state index in [0.717, 1.165) is 49.7 Å². The fraction of sp³-hybridized carbons (Fsp3) is 0.500. The van der Waals surface area contributed by atoms with Gasteiger partial charge in [-0.1, -0.05) is 48.5 Å². The first kappa shape index (κ1) is 21.6. The Labute approximate surface area is 177 Å². The van der Waals surface area contributed by atoms with E-state index in [4.69, 9.17) is 0 Å². The number of thioether (sulfide) groups is 1.